The number of pyridine rings is 1. The van der Waals surface area contributed by atoms with Gasteiger partial charge in [0.15, 0.2) is 0 Å². The van der Waals surface area contributed by atoms with Crippen molar-refractivity contribution >= 4 is 17.2 Å². The first-order chi connectivity index (χ1) is 6.84. The van der Waals surface area contributed by atoms with Crippen LogP contribution in [0.25, 0.3) is 0 Å². The Kier molecular flexibility index (Phi) is 2.79. The first-order valence-electron chi connectivity index (χ1n) is 4.57. The van der Waals surface area contributed by atoms with E-state index in [1.165, 1.54) is 10.4 Å². The average Bonchev–Trinajstić information content (AvgIpc) is 2.67. The van der Waals surface area contributed by atoms with Crippen LogP contribution >= 0.6 is 11.3 Å². The summed E-state index contributed by atoms with van der Waals surface area (Å²) in [6.45, 7) is 0. The van der Waals surface area contributed by atoms with Crippen molar-refractivity contribution in [1.82, 2.24) is 4.98 Å². The van der Waals surface area contributed by atoms with Crippen molar-refractivity contribution in [2.75, 3.05) is 5.73 Å². The van der Waals surface area contributed by atoms with E-state index >= 15 is 0 Å². The van der Waals surface area contributed by atoms with E-state index in [-0.39, 0.29) is 0 Å². The van der Waals surface area contributed by atoms with Gasteiger partial charge in [-0.25, -0.2) is 4.98 Å². The van der Waals surface area contributed by atoms with Gasteiger partial charge in [0.05, 0.1) is 0 Å². The third-order valence-electron chi connectivity index (χ3n) is 2.09. The molecule has 0 saturated heterocycles. The number of anilines is 1. The summed E-state index contributed by atoms with van der Waals surface area (Å²) in [5.74, 6) is 0.605. The second-order valence-electron chi connectivity index (χ2n) is 3.17. The van der Waals surface area contributed by atoms with E-state index in [1.54, 1.807) is 17.5 Å². The zero-order valence-electron chi connectivity index (χ0n) is 7.81. The lowest BCUT2D eigenvalue weighted by atomic mass is 10.1. The predicted octanol–water partition coefficient (Wildman–Crippen LogP) is 2.51. The fourth-order valence-electron chi connectivity index (χ4n) is 1.37. The summed E-state index contributed by atoms with van der Waals surface area (Å²) in [4.78, 5) is 5.38. The molecular weight excluding hydrogens is 192 g/mol. The van der Waals surface area contributed by atoms with E-state index in [2.05, 4.69) is 22.5 Å². The van der Waals surface area contributed by atoms with Crippen LogP contribution in [0.1, 0.15) is 10.4 Å². The van der Waals surface area contributed by atoms with Crippen LogP contribution in [0.3, 0.4) is 0 Å². The first-order valence-corrected chi connectivity index (χ1v) is 5.45. The molecule has 0 aliphatic heterocycles. The minimum absolute atomic E-state index is 0.605. The molecule has 2 heterocycles. The van der Waals surface area contributed by atoms with Gasteiger partial charge in [-0.2, -0.15) is 0 Å². The fourth-order valence-corrected chi connectivity index (χ4v) is 2.08. The van der Waals surface area contributed by atoms with E-state index in [1.807, 2.05) is 12.1 Å². The van der Waals surface area contributed by atoms with E-state index in [9.17, 15) is 0 Å². The zero-order chi connectivity index (χ0) is 9.80. The van der Waals surface area contributed by atoms with Crippen LogP contribution in [-0.4, -0.2) is 4.98 Å². The maximum Gasteiger partial charge on any atom is 0.123 e. The molecule has 0 aromatic carbocycles. The van der Waals surface area contributed by atoms with Crippen LogP contribution in [-0.2, 0) is 12.8 Å². The highest BCUT2D eigenvalue weighted by atomic mass is 32.1. The number of thiophene rings is 1. The summed E-state index contributed by atoms with van der Waals surface area (Å²) in [5, 5.41) is 2.11. The average molecular weight is 204 g/mol. The Morgan fingerprint density at radius 1 is 1.29 bits per heavy atom. The molecule has 3 heteroatoms. The monoisotopic (exact) mass is 204 g/mol. The standard InChI is InChI=1S/C11H12N2S/c12-11-8-9(5-6-13-11)3-4-10-2-1-7-14-10/h1-2,5-8H,3-4H2,(H2,12,13). The van der Waals surface area contributed by atoms with Crippen molar-refractivity contribution in [2.45, 2.75) is 12.8 Å². The number of aromatic nitrogens is 1. The maximum atomic E-state index is 5.60. The minimum Gasteiger partial charge on any atom is -0.384 e. The Hall–Kier alpha value is -1.35. The number of hydrogen-bond donors (Lipinski definition) is 1. The second kappa shape index (κ2) is 4.24. The van der Waals surface area contributed by atoms with Gasteiger partial charge >= 0.3 is 0 Å². The highest BCUT2D eigenvalue weighted by Gasteiger charge is 1.97. The van der Waals surface area contributed by atoms with Gasteiger partial charge in [-0.1, -0.05) is 6.07 Å². The third kappa shape index (κ3) is 2.33. The van der Waals surface area contributed by atoms with Crippen molar-refractivity contribution in [3.8, 4) is 0 Å². The topological polar surface area (TPSA) is 38.9 Å². The summed E-state index contributed by atoms with van der Waals surface area (Å²) in [6, 6.07) is 8.20. The fraction of sp³-hybridized carbons (Fsp3) is 0.182. The molecule has 2 aromatic rings. The van der Waals surface area contributed by atoms with Crippen molar-refractivity contribution in [3.63, 3.8) is 0 Å². The summed E-state index contributed by atoms with van der Waals surface area (Å²) in [6.07, 6.45) is 3.88. The summed E-state index contributed by atoms with van der Waals surface area (Å²) >= 11 is 1.80. The van der Waals surface area contributed by atoms with Crippen molar-refractivity contribution in [3.05, 3.63) is 46.3 Å². The Balaban J connectivity index is 1.98. The minimum atomic E-state index is 0.605. The number of hydrogen-bond acceptors (Lipinski definition) is 3. The summed E-state index contributed by atoms with van der Waals surface area (Å²) in [5.41, 5.74) is 6.85. The van der Waals surface area contributed by atoms with E-state index in [0.29, 0.717) is 5.82 Å². The first kappa shape index (κ1) is 9.21. The molecule has 0 aliphatic rings. The molecule has 72 valence electrons. The van der Waals surface area contributed by atoms with Crippen molar-refractivity contribution in [2.24, 2.45) is 0 Å². The molecular formula is C11H12N2S. The molecule has 0 fully saturated rings. The summed E-state index contributed by atoms with van der Waals surface area (Å²) < 4.78 is 0. The molecule has 0 bridgehead atoms. The molecule has 0 saturated carbocycles. The van der Waals surface area contributed by atoms with Crippen LogP contribution in [0, 0.1) is 0 Å². The van der Waals surface area contributed by atoms with E-state index < -0.39 is 0 Å². The third-order valence-corrected chi connectivity index (χ3v) is 3.02. The van der Waals surface area contributed by atoms with Gasteiger partial charge in [0.1, 0.15) is 5.82 Å². The quantitative estimate of drug-likeness (QED) is 0.834. The Morgan fingerprint density at radius 3 is 2.93 bits per heavy atom. The van der Waals surface area contributed by atoms with Crippen molar-refractivity contribution in [1.29, 1.82) is 0 Å². The lowest BCUT2D eigenvalue weighted by molar-refractivity contribution is 0.976. The molecule has 0 spiro atoms. The second-order valence-corrected chi connectivity index (χ2v) is 4.20. The van der Waals surface area contributed by atoms with Crippen molar-refractivity contribution < 1.29 is 0 Å². The van der Waals surface area contributed by atoms with Gasteiger partial charge in [0.25, 0.3) is 0 Å². The summed E-state index contributed by atoms with van der Waals surface area (Å²) in [7, 11) is 0. The molecule has 0 unspecified atom stereocenters. The van der Waals surface area contributed by atoms with Crippen LogP contribution in [0.15, 0.2) is 35.8 Å². The van der Waals surface area contributed by atoms with E-state index in [0.717, 1.165) is 12.8 Å². The predicted molar refractivity (Wildman–Crippen MR) is 60.4 cm³/mol. The van der Waals surface area contributed by atoms with Crippen LogP contribution in [0.2, 0.25) is 0 Å². The van der Waals surface area contributed by atoms with Gasteiger partial charge in [0, 0.05) is 11.1 Å². The smallest absolute Gasteiger partial charge is 0.123 e. The van der Waals surface area contributed by atoms with E-state index in [4.69, 9.17) is 5.73 Å². The maximum absolute atomic E-state index is 5.60. The number of aryl methyl sites for hydroxylation is 2. The number of rotatable bonds is 3. The molecule has 2 N–H and O–H groups in total. The van der Waals surface area contributed by atoms with Gasteiger partial charge in [-0.15, -0.1) is 11.3 Å². The lowest BCUT2D eigenvalue weighted by Crippen LogP contribution is -1.93. The van der Waals surface area contributed by atoms with Gasteiger partial charge in [-0.05, 0) is 42.0 Å². The highest BCUT2D eigenvalue weighted by molar-refractivity contribution is 7.09. The Labute approximate surface area is 87.4 Å². The van der Waals surface area contributed by atoms with Crippen LogP contribution in [0.5, 0.6) is 0 Å². The molecule has 0 amide bonds. The van der Waals surface area contributed by atoms with Gasteiger partial charge < -0.3 is 5.73 Å². The Bertz CT molecular complexity index is 395. The van der Waals surface area contributed by atoms with Gasteiger partial charge in [-0.3, -0.25) is 0 Å². The molecule has 14 heavy (non-hydrogen) atoms. The Morgan fingerprint density at radius 2 is 2.21 bits per heavy atom. The largest absolute Gasteiger partial charge is 0.384 e. The highest BCUT2D eigenvalue weighted by Crippen LogP contribution is 2.13. The molecule has 2 aromatic heterocycles. The number of nitrogen functional groups attached to an aromatic ring is 1. The normalized spacial score (nSPS) is 10.3. The van der Waals surface area contributed by atoms with Gasteiger partial charge in [0.2, 0.25) is 0 Å². The molecule has 0 atom stereocenters. The molecule has 2 nitrogen and oxygen atoms in total. The lowest BCUT2D eigenvalue weighted by Gasteiger charge is -2.00. The molecule has 0 radical (unpaired) electrons. The SMILES string of the molecule is Nc1cc(CCc2cccs2)ccn1. The zero-order valence-corrected chi connectivity index (χ0v) is 8.63. The number of nitrogens with zero attached hydrogens (tertiary/aromatic N) is 1. The van der Waals surface area contributed by atoms with Crippen LogP contribution in [0.4, 0.5) is 5.82 Å². The molecule has 0 aliphatic carbocycles. The molecule has 2 rings (SSSR count). The number of nitrogens with two attached hydrogens (primary N) is 1. The van der Waals surface area contributed by atoms with Crippen LogP contribution < -0.4 is 5.73 Å².